The van der Waals surface area contributed by atoms with Crippen LogP contribution in [0.2, 0.25) is 0 Å². The summed E-state index contributed by atoms with van der Waals surface area (Å²) in [6.07, 6.45) is 7.26. The van der Waals surface area contributed by atoms with E-state index in [1.54, 1.807) is 6.08 Å². The van der Waals surface area contributed by atoms with Gasteiger partial charge in [-0.05, 0) is 25.3 Å². The van der Waals surface area contributed by atoms with Crippen molar-refractivity contribution in [1.82, 2.24) is 0 Å². The maximum atomic E-state index is 10.0. The van der Waals surface area contributed by atoms with Crippen LogP contribution in [-0.4, -0.2) is 25.2 Å². The number of carbonyl (C=O) groups excluding carboxylic acids is 1. The minimum atomic E-state index is 0.0481. The smallest absolute Gasteiger partial charge is 0.167 e. The zero-order chi connectivity index (χ0) is 9.52. The number of rotatable bonds is 6. The van der Waals surface area contributed by atoms with E-state index in [2.05, 4.69) is 0 Å². The Labute approximate surface area is 78.3 Å². The molecule has 0 aliphatic carbocycles. The molecule has 72 valence electrons. The van der Waals surface area contributed by atoms with Crippen molar-refractivity contribution in [2.45, 2.75) is 19.3 Å². The molecule has 1 rings (SSSR count). The molecule has 13 heavy (non-hydrogen) atoms. The Morgan fingerprint density at radius 3 is 2.85 bits per heavy atom. The summed E-state index contributed by atoms with van der Waals surface area (Å²) in [7, 11) is 0. The molecule has 0 amide bonds. The van der Waals surface area contributed by atoms with E-state index in [1.807, 2.05) is 6.08 Å². The third-order valence-corrected chi connectivity index (χ3v) is 2.11. The molecule has 0 radical (unpaired) electrons. The summed E-state index contributed by atoms with van der Waals surface area (Å²) in [5, 5.41) is 7.03. The van der Waals surface area contributed by atoms with Gasteiger partial charge < -0.3 is 4.74 Å². The van der Waals surface area contributed by atoms with Crippen LogP contribution in [0.5, 0.6) is 0 Å². The molecule has 0 bridgehead atoms. The third kappa shape index (κ3) is 3.99. The van der Waals surface area contributed by atoms with E-state index in [-0.39, 0.29) is 5.71 Å². The molecule has 3 nitrogen and oxygen atoms in total. The molecule has 0 aromatic heterocycles. The first kappa shape index (κ1) is 10.1. The number of carbonyl (C=O) groups is 1. The zero-order valence-electron chi connectivity index (χ0n) is 7.66. The van der Waals surface area contributed by atoms with E-state index < -0.39 is 0 Å². The Morgan fingerprint density at radius 1 is 1.54 bits per heavy atom. The standard InChI is InChI=1S/C10H15NO2/c11-10(6-12)5-3-1-2-4-9-7-13-8-9/h3,5-6,9,11H,1-2,4,7-8H2/b5-3-,11-10?. The highest BCUT2D eigenvalue weighted by Gasteiger charge is 2.16. The lowest BCUT2D eigenvalue weighted by molar-refractivity contribution is -0.102. The van der Waals surface area contributed by atoms with Crippen LogP contribution in [0, 0.1) is 11.3 Å². The summed E-state index contributed by atoms with van der Waals surface area (Å²) < 4.78 is 5.05. The Balaban J connectivity index is 1.96. The lowest BCUT2D eigenvalue weighted by atomic mass is 10.0. The van der Waals surface area contributed by atoms with Crippen LogP contribution < -0.4 is 0 Å². The molecule has 1 aliphatic heterocycles. The van der Waals surface area contributed by atoms with E-state index in [0.29, 0.717) is 6.29 Å². The van der Waals surface area contributed by atoms with E-state index >= 15 is 0 Å². The number of hydrogen-bond donors (Lipinski definition) is 1. The summed E-state index contributed by atoms with van der Waals surface area (Å²) in [5.41, 5.74) is 0.0481. The second-order valence-electron chi connectivity index (χ2n) is 3.31. The van der Waals surface area contributed by atoms with Crippen LogP contribution in [-0.2, 0) is 9.53 Å². The highest BCUT2D eigenvalue weighted by Crippen LogP contribution is 2.17. The topological polar surface area (TPSA) is 50.2 Å². The van der Waals surface area contributed by atoms with Crippen molar-refractivity contribution in [3.05, 3.63) is 12.2 Å². The molecule has 1 aliphatic rings. The van der Waals surface area contributed by atoms with Gasteiger partial charge in [0.15, 0.2) is 6.29 Å². The summed E-state index contributed by atoms with van der Waals surface area (Å²) in [6.45, 7) is 1.82. The average Bonchev–Trinajstić information content (AvgIpc) is 2.07. The maximum absolute atomic E-state index is 10.0. The van der Waals surface area contributed by atoms with E-state index in [0.717, 1.165) is 32.0 Å². The van der Waals surface area contributed by atoms with Crippen LogP contribution >= 0.6 is 0 Å². The van der Waals surface area contributed by atoms with Gasteiger partial charge in [-0.3, -0.25) is 10.2 Å². The normalized spacial score (nSPS) is 17.2. The van der Waals surface area contributed by atoms with Gasteiger partial charge in [0.1, 0.15) is 0 Å². The van der Waals surface area contributed by atoms with Crippen molar-refractivity contribution in [1.29, 1.82) is 5.41 Å². The molecule has 0 unspecified atom stereocenters. The lowest BCUT2D eigenvalue weighted by Crippen LogP contribution is -2.27. The van der Waals surface area contributed by atoms with Gasteiger partial charge in [-0.2, -0.15) is 0 Å². The second-order valence-corrected chi connectivity index (χ2v) is 3.31. The first-order valence-electron chi connectivity index (χ1n) is 4.61. The molecule has 1 heterocycles. The number of ether oxygens (including phenoxy) is 1. The predicted octanol–water partition coefficient (Wildman–Crippen LogP) is 1.58. The third-order valence-electron chi connectivity index (χ3n) is 2.11. The Hall–Kier alpha value is -0.960. The maximum Gasteiger partial charge on any atom is 0.167 e. The first-order valence-corrected chi connectivity index (χ1v) is 4.61. The van der Waals surface area contributed by atoms with Gasteiger partial charge >= 0.3 is 0 Å². The van der Waals surface area contributed by atoms with Crippen LogP contribution in [0.25, 0.3) is 0 Å². The van der Waals surface area contributed by atoms with Crippen molar-refractivity contribution in [2.75, 3.05) is 13.2 Å². The summed E-state index contributed by atoms with van der Waals surface area (Å²) >= 11 is 0. The van der Waals surface area contributed by atoms with Gasteiger partial charge in [0, 0.05) is 5.92 Å². The fourth-order valence-electron chi connectivity index (χ4n) is 1.23. The SMILES string of the molecule is N=C(C=O)/C=C\CCCC1COC1. The summed E-state index contributed by atoms with van der Waals surface area (Å²) in [4.78, 5) is 10.0. The molecule has 0 aromatic carbocycles. The summed E-state index contributed by atoms with van der Waals surface area (Å²) in [6, 6.07) is 0. The Kier molecular flexibility index (Phi) is 4.40. The lowest BCUT2D eigenvalue weighted by Gasteiger charge is -2.25. The molecule has 1 N–H and O–H groups in total. The number of unbranched alkanes of at least 4 members (excludes halogenated alkanes) is 1. The minimum Gasteiger partial charge on any atom is -0.381 e. The van der Waals surface area contributed by atoms with Crippen molar-refractivity contribution in [3.8, 4) is 0 Å². The molecule has 0 atom stereocenters. The van der Waals surface area contributed by atoms with Crippen LogP contribution in [0.3, 0.4) is 0 Å². The highest BCUT2D eigenvalue weighted by molar-refractivity contribution is 6.32. The van der Waals surface area contributed by atoms with Crippen LogP contribution in [0.1, 0.15) is 19.3 Å². The molecule has 0 spiro atoms. The molecule has 3 heteroatoms. The fraction of sp³-hybridized carbons (Fsp3) is 0.600. The largest absolute Gasteiger partial charge is 0.381 e. The van der Waals surface area contributed by atoms with Crippen molar-refractivity contribution < 1.29 is 9.53 Å². The van der Waals surface area contributed by atoms with Crippen LogP contribution in [0.15, 0.2) is 12.2 Å². The van der Waals surface area contributed by atoms with Crippen molar-refractivity contribution >= 4 is 12.0 Å². The van der Waals surface area contributed by atoms with Gasteiger partial charge in [0.25, 0.3) is 0 Å². The summed E-state index contributed by atoms with van der Waals surface area (Å²) in [5.74, 6) is 0.749. The Bertz CT molecular complexity index is 207. The fourth-order valence-corrected chi connectivity index (χ4v) is 1.23. The molecule has 1 fully saturated rings. The van der Waals surface area contributed by atoms with Crippen molar-refractivity contribution in [3.63, 3.8) is 0 Å². The molecular weight excluding hydrogens is 166 g/mol. The number of allylic oxidation sites excluding steroid dienone is 2. The molecular formula is C10H15NO2. The van der Waals surface area contributed by atoms with Gasteiger partial charge in [0.2, 0.25) is 0 Å². The van der Waals surface area contributed by atoms with Crippen molar-refractivity contribution in [2.24, 2.45) is 5.92 Å². The minimum absolute atomic E-state index is 0.0481. The van der Waals surface area contributed by atoms with Gasteiger partial charge in [-0.25, -0.2) is 0 Å². The number of aldehydes is 1. The van der Waals surface area contributed by atoms with E-state index in [1.165, 1.54) is 6.42 Å². The number of nitrogens with one attached hydrogen (secondary N) is 1. The first-order chi connectivity index (χ1) is 6.33. The quantitative estimate of drug-likeness (QED) is 0.384. The second kappa shape index (κ2) is 5.65. The highest BCUT2D eigenvalue weighted by atomic mass is 16.5. The van der Waals surface area contributed by atoms with Gasteiger partial charge in [0.05, 0.1) is 18.9 Å². The average molecular weight is 181 g/mol. The van der Waals surface area contributed by atoms with Gasteiger partial charge in [-0.15, -0.1) is 0 Å². The van der Waals surface area contributed by atoms with Crippen LogP contribution in [0.4, 0.5) is 0 Å². The molecule has 0 aromatic rings. The Morgan fingerprint density at radius 2 is 2.31 bits per heavy atom. The zero-order valence-corrected chi connectivity index (χ0v) is 7.66. The van der Waals surface area contributed by atoms with E-state index in [9.17, 15) is 4.79 Å². The molecule has 0 saturated carbocycles. The van der Waals surface area contributed by atoms with E-state index in [4.69, 9.17) is 10.1 Å². The van der Waals surface area contributed by atoms with Gasteiger partial charge in [-0.1, -0.05) is 6.08 Å². The molecule has 1 saturated heterocycles. The monoisotopic (exact) mass is 181 g/mol. The number of hydrogen-bond acceptors (Lipinski definition) is 3. The predicted molar refractivity (Wildman–Crippen MR) is 51.1 cm³/mol.